The van der Waals surface area contributed by atoms with Crippen LogP contribution in [0.1, 0.15) is 18.3 Å². The van der Waals surface area contributed by atoms with E-state index < -0.39 is 0 Å². The van der Waals surface area contributed by atoms with Gasteiger partial charge in [-0.15, -0.1) is 0 Å². The fraction of sp³-hybridized carbons (Fsp3) is 0.350. The molecule has 29 heavy (non-hydrogen) atoms. The highest BCUT2D eigenvalue weighted by molar-refractivity contribution is 7.20. The van der Waals surface area contributed by atoms with Gasteiger partial charge in [-0.05, 0) is 20.8 Å². The van der Waals surface area contributed by atoms with Crippen molar-refractivity contribution in [3.8, 4) is 16.6 Å². The summed E-state index contributed by atoms with van der Waals surface area (Å²) in [5.74, 6) is 1.21. The van der Waals surface area contributed by atoms with Crippen LogP contribution in [-0.4, -0.2) is 36.3 Å². The van der Waals surface area contributed by atoms with Crippen LogP contribution in [-0.2, 0) is 11.3 Å². The van der Waals surface area contributed by atoms with E-state index in [9.17, 15) is 9.59 Å². The molecule has 0 bridgehead atoms. The van der Waals surface area contributed by atoms with Crippen LogP contribution in [0, 0.1) is 13.8 Å². The molecule has 0 atom stereocenters. The summed E-state index contributed by atoms with van der Waals surface area (Å²) in [6.07, 6.45) is 0. The Hall–Kier alpha value is -3.07. The highest BCUT2D eigenvalue weighted by atomic mass is 32.1. The van der Waals surface area contributed by atoms with Gasteiger partial charge in [-0.1, -0.05) is 11.3 Å². The molecule has 1 aromatic carbocycles. The van der Waals surface area contributed by atoms with Crippen molar-refractivity contribution in [2.24, 2.45) is 0 Å². The molecule has 154 valence electrons. The molecule has 0 saturated carbocycles. The van der Waals surface area contributed by atoms with Gasteiger partial charge in [-0.25, -0.2) is 4.98 Å². The number of ether oxygens (including phenoxy) is 3. The van der Waals surface area contributed by atoms with Gasteiger partial charge in [0.25, 0.3) is 5.56 Å². The summed E-state index contributed by atoms with van der Waals surface area (Å²) in [5.41, 5.74) is 0.998. The monoisotopic (exact) mass is 417 g/mol. The molecule has 0 aliphatic heterocycles. The summed E-state index contributed by atoms with van der Waals surface area (Å²) >= 11 is 1.34. The maximum atomic E-state index is 13.0. The molecular formula is C20H23N3O5S. The third-order valence-electron chi connectivity index (χ3n) is 4.41. The van der Waals surface area contributed by atoms with E-state index in [-0.39, 0.29) is 18.0 Å². The molecule has 0 radical (unpaired) electrons. The number of aromatic nitrogens is 2. The summed E-state index contributed by atoms with van der Waals surface area (Å²) in [6, 6.07) is 5.06. The van der Waals surface area contributed by atoms with Gasteiger partial charge in [0.15, 0.2) is 5.06 Å². The van der Waals surface area contributed by atoms with Crippen LogP contribution in [0.15, 0.2) is 23.0 Å². The second-order valence-electron chi connectivity index (χ2n) is 6.33. The van der Waals surface area contributed by atoms with Crippen molar-refractivity contribution in [3.05, 3.63) is 39.9 Å². The third kappa shape index (κ3) is 4.19. The predicted molar refractivity (Wildman–Crippen MR) is 113 cm³/mol. The topological polar surface area (TPSA) is 91.7 Å². The minimum Gasteiger partial charge on any atom is -0.497 e. The van der Waals surface area contributed by atoms with Gasteiger partial charge in [0.2, 0.25) is 5.91 Å². The molecule has 0 aliphatic rings. The number of anilines is 1. The number of aryl methyl sites for hydroxylation is 2. The molecule has 0 unspecified atom stereocenters. The van der Waals surface area contributed by atoms with E-state index in [1.807, 2.05) is 13.8 Å². The van der Waals surface area contributed by atoms with Gasteiger partial charge in [-0.2, -0.15) is 0 Å². The zero-order chi connectivity index (χ0) is 21.1. The first-order valence-corrected chi connectivity index (χ1v) is 9.85. The lowest BCUT2D eigenvalue weighted by atomic mass is 10.2. The Morgan fingerprint density at radius 3 is 2.41 bits per heavy atom. The van der Waals surface area contributed by atoms with Crippen molar-refractivity contribution in [3.63, 3.8) is 0 Å². The first kappa shape index (κ1) is 20.7. The number of thiophene rings is 1. The predicted octanol–water partition coefficient (Wildman–Crippen LogP) is 3.13. The number of carbonyl (C=O) groups is 1. The van der Waals surface area contributed by atoms with Crippen molar-refractivity contribution in [2.75, 3.05) is 26.1 Å². The van der Waals surface area contributed by atoms with Gasteiger partial charge < -0.3 is 19.5 Å². The molecule has 8 nitrogen and oxygen atoms in total. The zero-order valence-electron chi connectivity index (χ0n) is 17.0. The van der Waals surface area contributed by atoms with E-state index >= 15 is 0 Å². The van der Waals surface area contributed by atoms with Gasteiger partial charge >= 0.3 is 0 Å². The van der Waals surface area contributed by atoms with Gasteiger partial charge in [0, 0.05) is 29.4 Å². The minimum atomic E-state index is -0.357. The smallest absolute Gasteiger partial charge is 0.263 e. The van der Waals surface area contributed by atoms with Crippen LogP contribution in [0.4, 0.5) is 5.69 Å². The van der Waals surface area contributed by atoms with E-state index in [0.717, 1.165) is 5.56 Å². The largest absolute Gasteiger partial charge is 0.497 e. The van der Waals surface area contributed by atoms with Gasteiger partial charge in [0.1, 0.15) is 28.7 Å². The summed E-state index contributed by atoms with van der Waals surface area (Å²) in [5, 5.41) is 3.94. The van der Waals surface area contributed by atoms with Gasteiger partial charge in [-0.3, -0.25) is 14.2 Å². The molecule has 0 spiro atoms. The number of carbonyl (C=O) groups excluding carboxylic acids is 1. The number of benzene rings is 1. The molecule has 3 aromatic rings. The van der Waals surface area contributed by atoms with E-state index in [2.05, 4.69) is 10.3 Å². The summed E-state index contributed by atoms with van der Waals surface area (Å²) in [6.45, 7) is 5.77. The van der Waals surface area contributed by atoms with Crippen LogP contribution in [0.3, 0.4) is 0 Å². The number of rotatable bonds is 7. The Balaban J connectivity index is 1.91. The summed E-state index contributed by atoms with van der Waals surface area (Å²) in [7, 11) is 3.06. The third-order valence-corrected chi connectivity index (χ3v) is 5.51. The van der Waals surface area contributed by atoms with E-state index in [1.54, 1.807) is 25.1 Å². The quantitative estimate of drug-likeness (QED) is 0.635. The summed E-state index contributed by atoms with van der Waals surface area (Å²) < 4.78 is 17.4. The Bertz CT molecular complexity index is 1100. The average molecular weight is 417 g/mol. The Kier molecular flexibility index (Phi) is 6.07. The standard InChI is InChI=1S/C20H23N3O5S/c1-6-28-20-11(2)17-18(29-20)21-12(3)23(19(17)25)10-16(24)22-13-7-14(26-4)9-15(8-13)27-5/h7-9H,6,10H2,1-5H3,(H,22,24). The molecule has 0 saturated heterocycles. The normalized spacial score (nSPS) is 10.8. The molecule has 3 rings (SSSR count). The zero-order valence-corrected chi connectivity index (χ0v) is 17.8. The SMILES string of the molecule is CCOc1sc2nc(C)n(CC(=O)Nc3cc(OC)cc(OC)c3)c(=O)c2c1C. The van der Waals surface area contributed by atoms with Crippen molar-refractivity contribution in [1.82, 2.24) is 9.55 Å². The van der Waals surface area contributed by atoms with Crippen LogP contribution >= 0.6 is 11.3 Å². The number of hydrogen-bond donors (Lipinski definition) is 1. The van der Waals surface area contributed by atoms with E-state index in [0.29, 0.717) is 44.9 Å². The second kappa shape index (κ2) is 8.52. The fourth-order valence-electron chi connectivity index (χ4n) is 2.98. The Labute approximate surface area is 172 Å². The number of methoxy groups -OCH3 is 2. The molecule has 2 heterocycles. The van der Waals surface area contributed by atoms with Crippen molar-refractivity contribution >= 4 is 33.1 Å². The number of amides is 1. The highest BCUT2D eigenvalue weighted by Gasteiger charge is 2.18. The maximum Gasteiger partial charge on any atom is 0.263 e. The van der Waals surface area contributed by atoms with Crippen LogP contribution in [0.25, 0.3) is 10.2 Å². The lowest BCUT2D eigenvalue weighted by Crippen LogP contribution is -2.30. The number of nitrogens with one attached hydrogen (secondary N) is 1. The lowest BCUT2D eigenvalue weighted by Gasteiger charge is -2.12. The second-order valence-corrected chi connectivity index (χ2v) is 7.29. The molecule has 1 amide bonds. The lowest BCUT2D eigenvalue weighted by molar-refractivity contribution is -0.116. The fourth-order valence-corrected chi connectivity index (χ4v) is 4.10. The molecule has 0 fully saturated rings. The van der Waals surface area contributed by atoms with Crippen LogP contribution in [0.2, 0.25) is 0 Å². The molecule has 0 aliphatic carbocycles. The van der Waals surface area contributed by atoms with Crippen molar-refractivity contribution in [1.29, 1.82) is 0 Å². The maximum absolute atomic E-state index is 13.0. The number of hydrogen-bond acceptors (Lipinski definition) is 7. The molecular weight excluding hydrogens is 394 g/mol. The Morgan fingerprint density at radius 2 is 1.83 bits per heavy atom. The highest BCUT2D eigenvalue weighted by Crippen LogP contribution is 2.34. The van der Waals surface area contributed by atoms with Gasteiger partial charge in [0.05, 0.1) is 26.2 Å². The summed E-state index contributed by atoms with van der Waals surface area (Å²) in [4.78, 5) is 30.8. The minimum absolute atomic E-state index is 0.160. The first-order chi connectivity index (χ1) is 13.9. The molecule has 9 heteroatoms. The number of fused-ring (bicyclic) bond motifs is 1. The van der Waals surface area contributed by atoms with Crippen LogP contribution in [0.5, 0.6) is 16.6 Å². The van der Waals surface area contributed by atoms with E-state index in [1.165, 1.54) is 30.1 Å². The van der Waals surface area contributed by atoms with Crippen LogP contribution < -0.4 is 25.1 Å². The number of nitrogens with zero attached hydrogens (tertiary/aromatic N) is 2. The van der Waals surface area contributed by atoms with Crippen molar-refractivity contribution in [2.45, 2.75) is 27.3 Å². The Morgan fingerprint density at radius 1 is 1.17 bits per heavy atom. The first-order valence-electron chi connectivity index (χ1n) is 9.04. The molecule has 1 N–H and O–H groups in total. The van der Waals surface area contributed by atoms with Crippen molar-refractivity contribution < 1.29 is 19.0 Å². The average Bonchev–Trinajstić information content (AvgIpc) is 3.00. The van der Waals surface area contributed by atoms with E-state index in [4.69, 9.17) is 14.2 Å². The molecule has 2 aromatic heterocycles.